The van der Waals surface area contributed by atoms with Gasteiger partial charge in [-0.05, 0) is 38.5 Å². The second kappa shape index (κ2) is 42.9. The first-order chi connectivity index (χ1) is 28.6. The Balaban J connectivity index is 4.24. The molecule has 0 aromatic rings. The molecular weight excluding hydrogens is 769 g/mol. The van der Waals surface area contributed by atoms with Gasteiger partial charge in [0.05, 0.1) is 13.2 Å². The van der Waals surface area contributed by atoms with Gasteiger partial charge in [0.2, 0.25) is 0 Å². The fraction of sp³-hybridized carbons (Fsp3) is 0.894. The van der Waals surface area contributed by atoms with Crippen LogP contribution >= 0.6 is 7.82 Å². The van der Waals surface area contributed by atoms with Gasteiger partial charge in [-0.1, -0.05) is 199 Å². The van der Waals surface area contributed by atoms with Crippen LogP contribution in [-0.2, 0) is 37.5 Å². The summed E-state index contributed by atoms with van der Waals surface area (Å²) in [5, 5.41) is 8.90. The van der Waals surface area contributed by atoms with Crippen LogP contribution in [0.1, 0.15) is 239 Å². The Morgan fingerprint density at radius 2 is 0.847 bits per heavy atom. The van der Waals surface area contributed by atoms with Gasteiger partial charge in [-0.25, -0.2) is 4.57 Å². The number of nitrogens with two attached hydrogens (primary N) is 1. The molecule has 0 amide bonds. The Bertz CT molecular complexity index is 1060. The number of carboxylic acid groups (broad SMARTS) is 1. The Hall–Kier alpha value is -1.78. The van der Waals surface area contributed by atoms with E-state index in [2.05, 4.69) is 30.5 Å². The predicted molar refractivity (Wildman–Crippen MR) is 240 cm³/mol. The van der Waals surface area contributed by atoms with E-state index in [1.54, 1.807) is 0 Å². The van der Waals surface area contributed by atoms with Crippen molar-refractivity contribution in [1.29, 1.82) is 0 Å². The second-order valence-corrected chi connectivity index (χ2v) is 18.1. The number of unbranched alkanes of at least 4 members (excludes halogenated alkanes) is 30. The minimum atomic E-state index is -4.72. The number of hydrogen-bond acceptors (Lipinski definition) is 9. The van der Waals surface area contributed by atoms with Crippen molar-refractivity contribution in [2.45, 2.75) is 251 Å². The minimum absolute atomic E-state index is 0.156. The first-order valence-corrected chi connectivity index (χ1v) is 25.7. The number of hydrogen-bond donors (Lipinski definition) is 3. The lowest BCUT2D eigenvalue weighted by molar-refractivity contribution is -0.161. The number of phosphoric ester groups is 1. The molecule has 0 aliphatic carbocycles. The van der Waals surface area contributed by atoms with Gasteiger partial charge in [-0.15, -0.1) is 0 Å². The maximum absolute atomic E-state index is 12.6. The van der Waals surface area contributed by atoms with Crippen LogP contribution in [0.4, 0.5) is 0 Å². The summed E-state index contributed by atoms with van der Waals surface area (Å²) in [6, 6.07) is -1.52. The summed E-state index contributed by atoms with van der Waals surface area (Å²) in [4.78, 5) is 46.1. The first-order valence-electron chi connectivity index (χ1n) is 24.2. The van der Waals surface area contributed by atoms with E-state index in [0.717, 1.165) is 57.8 Å². The van der Waals surface area contributed by atoms with E-state index in [0.29, 0.717) is 12.8 Å². The zero-order valence-corrected chi connectivity index (χ0v) is 38.8. The number of ether oxygens (including phenoxy) is 2. The lowest BCUT2D eigenvalue weighted by Gasteiger charge is -2.20. The van der Waals surface area contributed by atoms with Gasteiger partial charge < -0.3 is 25.2 Å². The fourth-order valence-corrected chi connectivity index (χ4v) is 7.72. The summed E-state index contributed by atoms with van der Waals surface area (Å²) in [6.07, 6.45) is 44.2. The molecule has 0 aromatic heterocycles. The van der Waals surface area contributed by atoms with Gasteiger partial charge in [0.1, 0.15) is 12.6 Å². The lowest BCUT2D eigenvalue weighted by atomic mass is 10.0. The maximum Gasteiger partial charge on any atom is 0.472 e. The van der Waals surface area contributed by atoms with E-state index in [9.17, 15) is 23.8 Å². The molecule has 0 radical (unpaired) electrons. The molecule has 348 valence electrons. The Labute approximate surface area is 360 Å². The van der Waals surface area contributed by atoms with E-state index >= 15 is 0 Å². The highest BCUT2D eigenvalue weighted by atomic mass is 31.2. The number of carbonyl (C=O) groups excluding carboxylic acids is 2. The van der Waals surface area contributed by atoms with Gasteiger partial charge >= 0.3 is 25.7 Å². The largest absolute Gasteiger partial charge is 0.480 e. The van der Waals surface area contributed by atoms with Crippen molar-refractivity contribution < 1.29 is 47.5 Å². The highest BCUT2D eigenvalue weighted by Gasteiger charge is 2.28. The van der Waals surface area contributed by atoms with Crippen molar-refractivity contribution in [3.8, 4) is 0 Å². The number of esters is 2. The molecule has 0 spiro atoms. The van der Waals surface area contributed by atoms with E-state index < -0.39 is 51.1 Å². The zero-order valence-electron chi connectivity index (χ0n) is 37.9. The SMILES string of the molecule is CCCCCCCC/C=C/CCCCCCCC(=O)O[C@@H](COC(=O)CCCCCCCCCCCCCCCCCCCCCC)COP(=O)(O)OC[C@@H](N)C(=O)O. The monoisotopic (exact) mass is 860 g/mol. The predicted octanol–water partition coefficient (Wildman–Crippen LogP) is 13.2. The molecule has 12 heteroatoms. The third kappa shape index (κ3) is 42.7. The molecule has 0 rings (SSSR count). The Morgan fingerprint density at radius 3 is 1.24 bits per heavy atom. The third-order valence-electron chi connectivity index (χ3n) is 10.8. The minimum Gasteiger partial charge on any atom is -0.480 e. The van der Waals surface area contributed by atoms with Gasteiger partial charge in [-0.3, -0.25) is 23.4 Å². The first kappa shape index (κ1) is 57.2. The second-order valence-electron chi connectivity index (χ2n) is 16.6. The standard InChI is InChI=1S/C47H90NO10P/c1-3-5-7-9-11-13-15-17-19-20-21-22-23-25-26-28-30-32-34-36-38-45(49)55-40-43(41-56-59(53,54)57-42-44(48)47(51)52)58-46(50)39-37-35-33-31-29-27-24-18-16-14-12-10-8-6-4-2/h18,24,43-44H,3-17,19-23,25-42,48H2,1-2H3,(H,51,52)(H,53,54)/b24-18+/t43-,44+/m0/s1. The molecule has 0 aliphatic rings. The quantitative estimate of drug-likeness (QED) is 0.0230. The van der Waals surface area contributed by atoms with Crippen molar-refractivity contribution in [2.75, 3.05) is 19.8 Å². The smallest absolute Gasteiger partial charge is 0.472 e. The summed E-state index contributed by atoms with van der Waals surface area (Å²) in [7, 11) is -4.72. The van der Waals surface area contributed by atoms with Gasteiger partial charge in [0.15, 0.2) is 6.10 Å². The Morgan fingerprint density at radius 1 is 0.508 bits per heavy atom. The van der Waals surface area contributed by atoms with Crippen LogP contribution in [0, 0.1) is 0 Å². The van der Waals surface area contributed by atoms with Gasteiger partial charge in [0, 0.05) is 12.8 Å². The van der Waals surface area contributed by atoms with Crippen LogP contribution in [0.5, 0.6) is 0 Å². The summed E-state index contributed by atoms with van der Waals surface area (Å²) >= 11 is 0. The molecular formula is C47H90NO10P. The van der Waals surface area contributed by atoms with Crippen LogP contribution < -0.4 is 5.73 Å². The van der Waals surface area contributed by atoms with Gasteiger partial charge in [0.25, 0.3) is 0 Å². The molecule has 11 nitrogen and oxygen atoms in total. The maximum atomic E-state index is 12.6. The van der Waals surface area contributed by atoms with E-state index in [4.69, 9.17) is 24.8 Å². The zero-order chi connectivity index (χ0) is 43.5. The number of rotatable bonds is 46. The average Bonchev–Trinajstić information content (AvgIpc) is 3.21. The molecule has 4 N–H and O–H groups in total. The lowest BCUT2D eigenvalue weighted by Crippen LogP contribution is -2.34. The summed E-state index contributed by atoms with van der Waals surface area (Å²) < 4.78 is 32.8. The summed E-state index contributed by atoms with van der Waals surface area (Å²) in [6.45, 7) is 2.83. The van der Waals surface area contributed by atoms with Crippen LogP contribution in [0.15, 0.2) is 12.2 Å². The highest BCUT2D eigenvalue weighted by Crippen LogP contribution is 2.43. The number of carbonyl (C=O) groups is 3. The highest BCUT2D eigenvalue weighted by molar-refractivity contribution is 7.47. The number of carboxylic acids is 1. The molecule has 0 saturated carbocycles. The van der Waals surface area contributed by atoms with Crippen molar-refractivity contribution in [1.82, 2.24) is 0 Å². The number of phosphoric acid groups is 1. The van der Waals surface area contributed by atoms with E-state index in [1.165, 1.54) is 141 Å². The average molecular weight is 860 g/mol. The molecule has 3 atom stereocenters. The van der Waals surface area contributed by atoms with Crippen molar-refractivity contribution in [3.63, 3.8) is 0 Å². The number of aliphatic carboxylic acids is 1. The molecule has 0 aliphatic heterocycles. The van der Waals surface area contributed by atoms with Crippen LogP contribution in [0.25, 0.3) is 0 Å². The summed E-state index contributed by atoms with van der Waals surface area (Å²) in [5.41, 5.74) is 5.34. The normalized spacial score (nSPS) is 13.7. The molecule has 59 heavy (non-hydrogen) atoms. The molecule has 0 fully saturated rings. The molecule has 1 unspecified atom stereocenters. The topological polar surface area (TPSA) is 172 Å². The molecule has 0 aromatic carbocycles. The van der Waals surface area contributed by atoms with Crippen LogP contribution in [0.2, 0.25) is 0 Å². The molecule has 0 saturated heterocycles. The molecule has 0 heterocycles. The van der Waals surface area contributed by atoms with Crippen molar-refractivity contribution in [3.05, 3.63) is 12.2 Å². The van der Waals surface area contributed by atoms with E-state index in [1.807, 2.05) is 0 Å². The van der Waals surface area contributed by atoms with Crippen molar-refractivity contribution in [2.24, 2.45) is 5.73 Å². The van der Waals surface area contributed by atoms with Crippen molar-refractivity contribution >= 4 is 25.7 Å². The fourth-order valence-electron chi connectivity index (χ4n) is 6.94. The molecule has 0 bridgehead atoms. The van der Waals surface area contributed by atoms with Gasteiger partial charge in [-0.2, -0.15) is 0 Å². The Kier molecular flexibility index (Phi) is 41.6. The van der Waals surface area contributed by atoms with Crippen LogP contribution in [-0.4, -0.2) is 59.9 Å². The van der Waals surface area contributed by atoms with Crippen LogP contribution in [0.3, 0.4) is 0 Å². The summed E-state index contributed by atoms with van der Waals surface area (Å²) in [5.74, 6) is -2.37. The third-order valence-corrected chi connectivity index (χ3v) is 11.7. The van der Waals surface area contributed by atoms with E-state index in [-0.39, 0.29) is 19.4 Å². The number of allylic oxidation sites excluding steroid dienone is 2.